The highest BCUT2D eigenvalue weighted by Crippen LogP contribution is 2.20. The Hall–Kier alpha value is -1.74. The van der Waals surface area contributed by atoms with Crippen LogP contribution in [-0.4, -0.2) is 53.3 Å². The Bertz CT molecular complexity index is 842. The second-order valence-corrected chi connectivity index (χ2v) is 9.77. The van der Waals surface area contributed by atoms with Crippen LogP contribution in [0.25, 0.3) is 0 Å². The molecule has 8 heteroatoms. The third kappa shape index (κ3) is 5.14. The van der Waals surface area contributed by atoms with E-state index in [4.69, 9.17) is 0 Å². The molecule has 0 aliphatic carbocycles. The Morgan fingerprint density at radius 2 is 1.77 bits per heavy atom. The van der Waals surface area contributed by atoms with Crippen molar-refractivity contribution in [1.82, 2.24) is 0 Å². The Balaban J connectivity index is 1.51. The number of para-hydroxylation sites is 1. The summed E-state index contributed by atoms with van der Waals surface area (Å²) in [4.78, 5) is 16.7. The summed E-state index contributed by atoms with van der Waals surface area (Å²) in [5.74, 6) is -0.141. The molecule has 3 N–H and O–H groups in total. The summed E-state index contributed by atoms with van der Waals surface area (Å²) in [6.07, 6.45) is 1.15. The molecule has 2 aromatic rings. The van der Waals surface area contributed by atoms with Crippen LogP contribution in [-0.2, 0) is 21.2 Å². The van der Waals surface area contributed by atoms with Crippen LogP contribution in [0.2, 0.25) is 0 Å². The predicted octanol–water partition coefficient (Wildman–Crippen LogP) is -0.926. The third-order valence-electron chi connectivity index (χ3n) is 4.64. The fourth-order valence-corrected chi connectivity index (χ4v) is 4.91. The molecule has 1 aliphatic rings. The molecule has 1 fully saturated rings. The van der Waals surface area contributed by atoms with Gasteiger partial charge in [-0.05, 0) is 23.6 Å². The third-order valence-corrected chi connectivity index (χ3v) is 6.67. The van der Waals surface area contributed by atoms with E-state index in [1.165, 1.54) is 15.8 Å². The van der Waals surface area contributed by atoms with Crippen LogP contribution < -0.4 is 15.1 Å². The van der Waals surface area contributed by atoms with E-state index >= 15 is 0 Å². The fourth-order valence-electron chi connectivity index (χ4n) is 3.28. The highest BCUT2D eigenvalue weighted by Gasteiger charge is 2.25. The molecule has 0 saturated carbocycles. The van der Waals surface area contributed by atoms with Crippen LogP contribution in [0, 0.1) is 0 Å². The first-order valence-electron chi connectivity index (χ1n) is 8.70. The normalized spacial score (nSPS) is 20.7. The summed E-state index contributed by atoms with van der Waals surface area (Å²) in [6, 6.07) is 10.8. The Kier molecular flexibility index (Phi) is 6.08. The van der Waals surface area contributed by atoms with E-state index < -0.39 is 9.84 Å². The van der Waals surface area contributed by atoms with Crippen LogP contribution in [0.4, 0.5) is 5.69 Å². The van der Waals surface area contributed by atoms with Crippen molar-refractivity contribution in [2.45, 2.75) is 11.4 Å². The van der Waals surface area contributed by atoms with Gasteiger partial charge in [0, 0.05) is 6.26 Å². The summed E-state index contributed by atoms with van der Waals surface area (Å²) in [7, 11) is -3.37. The lowest BCUT2D eigenvalue weighted by atomic mass is 10.3. The zero-order chi connectivity index (χ0) is 18.6. The minimum Gasteiger partial charge on any atom is -0.321 e. The highest BCUT2D eigenvalue weighted by atomic mass is 32.2. The molecule has 3 rings (SSSR count). The van der Waals surface area contributed by atoms with Crippen molar-refractivity contribution in [3.8, 4) is 0 Å². The lowest BCUT2D eigenvalue weighted by Gasteiger charge is -2.29. The standard InChI is InChI=1S/C18H23N3O3S2/c1-26(23,24)17-7-3-2-6-16(17)19-18(22)14-21-10-8-20(9-11-21)13-15-5-4-12-25-15/h2-7,12H,8-11,13-14H2,1H3,(H,19,22)/p+2. The topological polar surface area (TPSA) is 72.1 Å². The molecule has 0 atom stereocenters. The molecule has 6 nitrogen and oxygen atoms in total. The van der Waals surface area contributed by atoms with Gasteiger partial charge >= 0.3 is 0 Å². The van der Waals surface area contributed by atoms with E-state index in [9.17, 15) is 13.2 Å². The average molecular weight is 396 g/mol. The van der Waals surface area contributed by atoms with Crippen molar-refractivity contribution in [2.75, 3.05) is 44.3 Å². The molecular weight excluding hydrogens is 370 g/mol. The van der Waals surface area contributed by atoms with Gasteiger partial charge in [-0.1, -0.05) is 18.2 Å². The summed E-state index contributed by atoms with van der Waals surface area (Å²) in [6.45, 7) is 5.40. The van der Waals surface area contributed by atoms with Gasteiger partial charge in [0.05, 0.1) is 15.5 Å². The first-order chi connectivity index (χ1) is 12.4. The number of thiophene rings is 1. The van der Waals surface area contributed by atoms with Crippen molar-refractivity contribution in [3.05, 3.63) is 46.7 Å². The molecule has 0 spiro atoms. The molecule has 0 radical (unpaired) electrons. The summed E-state index contributed by atoms with van der Waals surface area (Å²) >= 11 is 1.79. The van der Waals surface area contributed by atoms with Crippen molar-refractivity contribution in [1.29, 1.82) is 0 Å². The Labute approximate surface area is 158 Å². The second kappa shape index (κ2) is 8.30. The fraction of sp³-hybridized carbons (Fsp3) is 0.389. The second-order valence-electron chi connectivity index (χ2n) is 6.75. The van der Waals surface area contributed by atoms with Gasteiger partial charge in [-0.15, -0.1) is 11.3 Å². The molecular formula is C18H25N3O3S2+2. The molecule has 1 aromatic heterocycles. The molecule has 0 bridgehead atoms. The molecule has 1 amide bonds. The van der Waals surface area contributed by atoms with Gasteiger partial charge in [0.25, 0.3) is 5.91 Å². The van der Waals surface area contributed by atoms with Crippen LogP contribution in [0.3, 0.4) is 0 Å². The number of rotatable bonds is 6. The number of hydrogen-bond donors (Lipinski definition) is 3. The zero-order valence-corrected chi connectivity index (χ0v) is 16.5. The SMILES string of the molecule is CS(=O)(=O)c1ccccc1NC(=O)C[NH+]1CC[NH+](Cc2cccs2)CC1. The molecule has 2 heterocycles. The van der Waals surface area contributed by atoms with Crippen molar-refractivity contribution >= 4 is 32.8 Å². The maximum Gasteiger partial charge on any atom is 0.279 e. The number of quaternary nitrogens is 2. The quantitative estimate of drug-likeness (QED) is 0.592. The smallest absolute Gasteiger partial charge is 0.279 e. The van der Waals surface area contributed by atoms with Gasteiger partial charge < -0.3 is 15.1 Å². The molecule has 26 heavy (non-hydrogen) atoms. The zero-order valence-electron chi connectivity index (χ0n) is 14.8. The summed E-state index contributed by atoms with van der Waals surface area (Å²) in [5, 5.41) is 4.87. The van der Waals surface area contributed by atoms with E-state index in [1.54, 1.807) is 34.4 Å². The lowest BCUT2D eigenvalue weighted by molar-refractivity contribution is -1.01. The van der Waals surface area contributed by atoms with E-state index in [0.29, 0.717) is 12.2 Å². The van der Waals surface area contributed by atoms with E-state index in [2.05, 4.69) is 22.8 Å². The number of anilines is 1. The van der Waals surface area contributed by atoms with Gasteiger partial charge in [0.15, 0.2) is 16.4 Å². The van der Waals surface area contributed by atoms with Crippen LogP contribution in [0.15, 0.2) is 46.7 Å². The van der Waals surface area contributed by atoms with Crippen molar-refractivity contribution in [3.63, 3.8) is 0 Å². The molecule has 0 unspecified atom stereocenters. The number of hydrogen-bond acceptors (Lipinski definition) is 4. The number of carbonyl (C=O) groups is 1. The molecule has 1 aromatic carbocycles. The molecule has 1 saturated heterocycles. The first-order valence-corrected chi connectivity index (χ1v) is 11.5. The summed E-state index contributed by atoms with van der Waals surface area (Å²) < 4.78 is 23.7. The summed E-state index contributed by atoms with van der Waals surface area (Å²) in [5.41, 5.74) is 0.362. The molecule has 1 aliphatic heterocycles. The average Bonchev–Trinajstić information content (AvgIpc) is 3.09. The van der Waals surface area contributed by atoms with Crippen molar-refractivity contribution in [2.24, 2.45) is 0 Å². The maximum atomic E-state index is 12.4. The minimum atomic E-state index is -3.37. The van der Waals surface area contributed by atoms with Gasteiger partial charge in [-0.25, -0.2) is 8.42 Å². The minimum absolute atomic E-state index is 0.141. The van der Waals surface area contributed by atoms with E-state index in [0.717, 1.165) is 39.0 Å². The maximum absolute atomic E-state index is 12.4. The number of amides is 1. The van der Waals surface area contributed by atoms with Crippen LogP contribution in [0.1, 0.15) is 4.88 Å². The Morgan fingerprint density at radius 1 is 1.08 bits per heavy atom. The highest BCUT2D eigenvalue weighted by molar-refractivity contribution is 7.90. The number of piperazine rings is 1. The monoisotopic (exact) mass is 395 g/mol. The number of sulfone groups is 1. The van der Waals surface area contributed by atoms with Gasteiger partial charge in [0.2, 0.25) is 0 Å². The Morgan fingerprint density at radius 3 is 2.42 bits per heavy atom. The van der Waals surface area contributed by atoms with Crippen LogP contribution in [0.5, 0.6) is 0 Å². The number of benzene rings is 1. The van der Waals surface area contributed by atoms with Crippen LogP contribution >= 0.6 is 11.3 Å². The first kappa shape index (κ1) is 19.0. The largest absolute Gasteiger partial charge is 0.321 e. The van der Waals surface area contributed by atoms with Gasteiger partial charge in [0.1, 0.15) is 32.7 Å². The van der Waals surface area contributed by atoms with Gasteiger partial charge in [-0.3, -0.25) is 4.79 Å². The van der Waals surface area contributed by atoms with Gasteiger partial charge in [-0.2, -0.15) is 0 Å². The number of nitrogens with one attached hydrogen (secondary N) is 3. The van der Waals surface area contributed by atoms with Crippen molar-refractivity contribution < 1.29 is 23.0 Å². The predicted molar refractivity (Wildman–Crippen MR) is 102 cm³/mol. The van der Waals surface area contributed by atoms with E-state index in [1.807, 2.05) is 0 Å². The number of carbonyl (C=O) groups excluding carboxylic acids is 1. The lowest BCUT2D eigenvalue weighted by Crippen LogP contribution is -3.28. The van der Waals surface area contributed by atoms with E-state index in [-0.39, 0.29) is 10.8 Å². The molecule has 140 valence electrons.